The number of rotatable bonds is 5. The molecule has 2 N–H and O–H groups in total. The second-order valence-corrected chi connectivity index (χ2v) is 6.87. The van der Waals surface area contributed by atoms with Crippen molar-refractivity contribution in [2.45, 2.75) is 42.5 Å². The van der Waals surface area contributed by atoms with Gasteiger partial charge in [-0.2, -0.15) is 0 Å². The zero-order valence-electron chi connectivity index (χ0n) is 11.5. The zero-order valence-corrected chi connectivity index (χ0v) is 12.3. The molecule has 0 spiro atoms. The van der Waals surface area contributed by atoms with E-state index in [9.17, 15) is 0 Å². The first kappa shape index (κ1) is 13.9. The fourth-order valence-corrected chi connectivity index (χ4v) is 2.72. The summed E-state index contributed by atoms with van der Waals surface area (Å²) in [6.07, 6.45) is 4.24. The smallest absolute Gasteiger partial charge is 0.0585 e. The van der Waals surface area contributed by atoms with Crippen LogP contribution in [0.15, 0.2) is 29.2 Å². The van der Waals surface area contributed by atoms with E-state index < -0.39 is 0 Å². The molecule has 2 nitrogen and oxygen atoms in total. The highest BCUT2D eigenvalue weighted by molar-refractivity contribution is 7.98. The van der Waals surface area contributed by atoms with Crippen LogP contribution in [0, 0.1) is 0 Å². The average molecular weight is 265 g/mol. The van der Waals surface area contributed by atoms with E-state index in [0.717, 1.165) is 26.1 Å². The standard InChI is InChI=1S/C15H23NOS/c1-14(2,16)8-9-15(10-17-11-15)12-4-6-13(18-3)7-5-12/h4-7H,8-11,16H2,1-3H3. The Morgan fingerprint density at radius 2 is 1.89 bits per heavy atom. The zero-order chi connectivity index (χ0) is 13.2. The molecule has 1 fully saturated rings. The molecule has 3 heteroatoms. The maximum atomic E-state index is 6.10. The van der Waals surface area contributed by atoms with E-state index in [4.69, 9.17) is 10.5 Å². The van der Waals surface area contributed by atoms with Crippen LogP contribution in [0.5, 0.6) is 0 Å². The molecule has 1 aliphatic heterocycles. The van der Waals surface area contributed by atoms with Crippen molar-refractivity contribution < 1.29 is 4.74 Å². The molecule has 1 aliphatic rings. The predicted octanol–water partition coefficient (Wildman–Crippen LogP) is 3.19. The van der Waals surface area contributed by atoms with Crippen molar-refractivity contribution in [3.63, 3.8) is 0 Å². The van der Waals surface area contributed by atoms with Gasteiger partial charge in [0.25, 0.3) is 0 Å². The number of hydrogen-bond acceptors (Lipinski definition) is 3. The third-order valence-corrected chi connectivity index (χ3v) is 4.45. The van der Waals surface area contributed by atoms with E-state index >= 15 is 0 Å². The molecule has 0 unspecified atom stereocenters. The van der Waals surface area contributed by atoms with Gasteiger partial charge in [0.15, 0.2) is 0 Å². The summed E-state index contributed by atoms with van der Waals surface area (Å²) in [5, 5.41) is 0. The van der Waals surface area contributed by atoms with Gasteiger partial charge < -0.3 is 10.5 Å². The first-order chi connectivity index (χ1) is 8.45. The highest BCUT2D eigenvalue weighted by Crippen LogP contribution is 2.38. The minimum Gasteiger partial charge on any atom is -0.379 e. The maximum absolute atomic E-state index is 6.10. The lowest BCUT2D eigenvalue weighted by atomic mass is 9.73. The number of thioether (sulfide) groups is 1. The predicted molar refractivity (Wildman–Crippen MR) is 78.2 cm³/mol. The normalized spacial score (nSPS) is 18.4. The van der Waals surface area contributed by atoms with Gasteiger partial charge in [-0.3, -0.25) is 0 Å². The van der Waals surface area contributed by atoms with Crippen LogP contribution >= 0.6 is 11.8 Å². The minimum absolute atomic E-state index is 0.0954. The monoisotopic (exact) mass is 265 g/mol. The molecule has 100 valence electrons. The third-order valence-electron chi connectivity index (χ3n) is 3.71. The van der Waals surface area contributed by atoms with Crippen LogP contribution in [0.2, 0.25) is 0 Å². The Kier molecular flexibility index (Phi) is 4.05. The van der Waals surface area contributed by atoms with E-state index in [1.165, 1.54) is 10.5 Å². The molecule has 0 amide bonds. The van der Waals surface area contributed by atoms with Crippen LogP contribution in [-0.2, 0) is 10.2 Å². The SMILES string of the molecule is CSc1ccc(C2(CCC(C)(C)N)COC2)cc1. The van der Waals surface area contributed by atoms with Gasteiger partial charge in [0, 0.05) is 15.8 Å². The fourth-order valence-electron chi connectivity index (χ4n) is 2.31. The largest absolute Gasteiger partial charge is 0.379 e. The number of hydrogen-bond donors (Lipinski definition) is 1. The second kappa shape index (κ2) is 5.24. The number of nitrogens with two attached hydrogens (primary N) is 1. The van der Waals surface area contributed by atoms with Crippen LogP contribution in [0.1, 0.15) is 32.3 Å². The van der Waals surface area contributed by atoms with Crippen LogP contribution in [0.4, 0.5) is 0 Å². The van der Waals surface area contributed by atoms with E-state index in [1.54, 1.807) is 11.8 Å². The van der Waals surface area contributed by atoms with Gasteiger partial charge in [-0.15, -0.1) is 11.8 Å². The van der Waals surface area contributed by atoms with E-state index in [2.05, 4.69) is 44.4 Å². The number of ether oxygens (including phenoxy) is 1. The Morgan fingerprint density at radius 3 is 2.28 bits per heavy atom. The van der Waals surface area contributed by atoms with Crippen LogP contribution in [0.25, 0.3) is 0 Å². The Hall–Kier alpha value is -0.510. The topological polar surface area (TPSA) is 35.2 Å². The summed E-state index contributed by atoms with van der Waals surface area (Å²) >= 11 is 1.78. The van der Waals surface area contributed by atoms with Crippen molar-refractivity contribution in [3.05, 3.63) is 29.8 Å². The molecule has 1 saturated heterocycles. The van der Waals surface area contributed by atoms with Gasteiger partial charge >= 0.3 is 0 Å². The van der Waals surface area contributed by atoms with Crippen molar-refractivity contribution in [2.75, 3.05) is 19.5 Å². The lowest BCUT2D eigenvalue weighted by molar-refractivity contribution is -0.0669. The summed E-state index contributed by atoms with van der Waals surface area (Å²) in [5.41, 5.74) is 7.61. The Labute approximate surface area is 114 Å². The molecule has 1 aromatic rings. The van der Waals surface area contributed by atoms with Gasteiger partial charge in [-0.25, -0.2) is 0 Å². The quantitative estimate of drug-likeness (QED) is 0.830. The van der Waals surface area contributed by atoms with Crippen molar-refractivity contribution in [1.82, 2.24) is 0 Å². The van der Waals surface area contributed by atoms with Gasteiger partial charge in [-0.05, 0) is 50.6 Å². The molecule has 0 saturated carbocycles. The van der Waals surface area contributed by atoms with Crippen molar-refractivity contribution in [2.24, 2.45) is 5.73 Å². The molecule has 0 radical (unpaired) electrons. The molecular weight excluding hydrogens is 242 g/mol. The summed E-state index contributed by atoms with van der Waals surface area (Å²) in [6.45, 7) is 5.86. The summed E-state index contributed by atoms with van der Waals surface area (Å²) in [4.78, 5) is 1.31. The molecule has 1 heterocycles. The molecule has 0 aliphatic carbocycles. The van der Waals surface area contributed by atoms with Gasteiger partial charge in [-0.1, -0.05) is 12.1 Å². The van der Waals surface area contributed by atoms with E-state index in [0.29, 0.717) is 0 Å². The van der Waals surface area contributed by atoms with Crippen LogP contribution in [-0.4, -0.2) is 25.0 Å². The highest BCUT2D eigenvalue weighted by Gasteiger charge is 2.40. The average Bonchev–Trinajstić information content (AvgIpc) is 2.27. The van der Waals surface area contributed by atoms with Gasteiger partial charge in [0.05, 0.1) is 13.2 Å². The molecule has 18 heavy (non-hydrogen) atoms. The Bertz CT molecular complexity index is 390. The summed E-state index contributed by atoms with van der Waals surface area (Å²) < 4.78 is 5.47. The second-order valence-electron chi connectivity index (χ2n) is 5.99. The van der Waals surface area contributed by atoms with E-state index in [1.807, 2.05) is 0 Å². The molecule has 0 aromatic heterocycles. The third kappa shape index (κ3) is 3.08. The maximum Gasteiger partial charge on any atom is 0.0585 e. The van der Waals surface area contributed by atoms with Crippen LogP contribution in [0.3, 0.4) is 0 Å². The first-order valence-electron chi connectivity index (χ1n) is 6.46. The highest BCUT2D eigenvalue weighted by atomic mass is 32.2. The fraction of sp³-hybridized carbons (Fsp3) is 0.600. The summed E-state index contributed by atoms with van der Waals surface area (Å²) in [5.74, 6) is 0. The molecular formula is C15H23NOS. The molecule has 0 atom stereocenters. The van der Waals surface area contributed by atoms with Crippen LogP contribution < -0.4 is 5.73 Å². The Morgan fingerprint density at radius 1 is 1.28 bits per heavy atom. The lowest BCUT2D eigenvalue weighted by Crippen LogP contribution is -2.48. The molecule has 1 aromatic carbocycles. The lowest BCUT2D eigenvalue weighted by Gasteiger charge is -2.43. The van der Waals surface area contributed by atoms with E-state index in [-0.39, 0.29) is 11.0 Å². The number of benzene rings is 1. The van der Waals surface area contributed by atoms with Gasteiger partial charge in [0.1, 0.15) is 0 Å². The molecule has 0 bridgehead atoms. The molecule has 2 rings (SSSR count). The summed E-state index contributed by atoms with van der Waals surface area (Å²) in [7, 11) is 0. The van der Waals surface area contributed by atoms with Gasteiger partial charge in [0.2, 0.25) is 0 Å². The van der Waals surface area contributed by atoms with Crippen molar-refractivity contribution in [1.29, 1.82) is 0 Å². The van der Waals surface area contributed by atoms with Crippen molar-refractivity contribution in [3.8, 4) is 0 Å². The summed E-state index contributed by atoms with van der Waals surface area (Å²) in [6, 6.07) is 8.90. The minimum atomic E-state index is -0.0954. The van der Waals surface area contributed by atoms with Crippen molar-refractivity contribution >= 4 is 11.8 Å². The first-order valence-corrected chi connectivity index (χ1v) is 7.69. The Balaban J connectivity index is 2.11.